The van der Waals surface area contributed by atoms with E-state index >= 15 is 0 Å². The summed E-state index contributed by atoms with van der Waals surface area (Å²) in [6.45, 7) is 2.09. The molecule has 0 N–H and O–H groups in total. The van der Waals surface area contributed by atoms with E-state index in [9.17, 15) is 0 Å². The molecule has 0 aliphatic carbocycles. The van der Waals surface area contributed by atoms with Crippen molar-refractivity contribution >= 4 is 11.8 Å². The second-order valence-electron chi connectivity index (χ2n) is 3.63. The van der Waals surface area contributed by atoms with Crippen LogP contribution in [0.2, 0.25) is 0 Å². The number of aryl methyl sites for hydroxylation is 1. The van der Waals surface area contributed by atoms with Crippen LogP contribution in [0.5, 0.6) is 0 Å². The summed E-state index contributed by atoms with van der Waals surface area (Å²) in [5, 5.41) is 8.04. The van der Waals surface area contributed by atoms with Crippen LogP contribution < -0.4 is 0 Å². The average Bonchev–Trinajstić information content (AvgIpc) is 2.70. The molecular weight excluding hydrogens is 220 g/mol. The molecule has 1 heterocycles. The van der Waals surface area contributed by atoms with Crippen molar-refractivity contribution in [3.63, 3.8) is 0 Å². The van der Waals surface area contributed by atoms with Crippen LogP contribution in [-0.2, 0) is 12.2 Å². The molecule has 0 atom stereocenters. The van der Waals surface area contributed by atoms with Crippen molar-refractivity contribution in [3.8, 4) is 0 Å². The highest BCUT2D eigenvalue weighted by molar-refractivity contribution is 7.97. The molecule has 0 saturated carbocycles. The molecule has 1 aromatic heterocycles. The van der Waals surface area contributed by atoms with E-state index in [0.29, 0.717) is 18.2 Å². The van der Waals surface area contributed by atoms with Crippen LogP contribution in [0.3, 0.4) is 0 Å². The van der Waals surface area contributed by atoms with Crippen molar-refractivity contribution in [2.24, 2.45) is 0 Å². The average molecular weight is 234 g/mol. The standard InChI is InChI=1S/C12H14N2OS/c1-9-5-3-4-6-10(9)7-11-13-14-12(15-11)8-16-2/h3-6H,7-8H2,1-2H3. The van der Waals surface area contributed by atoms with Gasteiger partial charge in [-0.2, -0.15) is 11.8 Å². The molecule has 3 nitrogen and oxygen atoms in total. The molecule has 0 bridgehead atoms. The third-order valence-corrected chi connectivity index (χ3v) is 2.92. The Kier molecular flexibility index (Phi) is 3.62. The number of aromatic nitrogens is 2. The number of hydrogen-bond donors (Lipinski definition) is 0. The summed E-state index contributed by atoms with van der Waals surface area (Å²) in [6.07, 6.45) is 2.74. The first-order chi connectivity index (χ1) is 7.79. The molecule has 84 valence electrons. The zero-order chi connectivity index (χ0) is 11.4. The van der Waals surface area contributed by atoms with E-state index in [1.165, 1.54) is 11.1 Å². The minimum absolute atomic E-state index is 0.693. The van der Waals surface area contributed by atoms with Gasteiger partial charge in [-0.15, -0.1) is 10.2 Å². The Balaban J connectivity index is 2.11. The molecule has 4 heteroatoms. The predicted molar refractivity (Wildman–Crippen MR) is 65.5 cm³/mol. The topological polar surface area (TPSA) is 38.9 Å². The molecule has 0 unspecified atom stereocenters. The summed E-state index contributed by atoms with van der Waals surface area (Å²) in [4.78, 5) is 0. The SMILES string of the molecule is CSCc1nnc(Cc2ccccc2C)o1. The van der Waals surface area contributed by atoms with E-state index in [4.69, 9.17) is 4.42 Å². The molecular formula is C12H14N2OS. The third kappa shape index (κ3) is 2.64. The van der Waals surface area contributed by atoms with Crippen molar-refractivity contribution in [1.82, 2.24) is 10.2 Å². The Bertz CT molecular complexity index is 468. The van der Waals surface area contributed by atoms with Gasteiger partial charge in [-0.05, 0) is 24.3 Å². The van der Waals surface area contributed by atoms with Gasteiger partial charge in [0.15, 0.2) is 0 Å². The Morgan fingerprint density at radius 1 is 1.19 bits per heavy atom. The van der Waals surface area contributed by atoms with Gasteiger partial charge in [0.2, 0.25) is 11.8 Å². The van der Waals surface area contributed by atoms with Crippen LogP contribution in [0.15, 0.2) is 28.7 Å². The van der Waals surface area contributed by atoms with Gasteiger partial charge in [0.1, 0.15) is 0 Å². The van der Waals surface area contributed by atoms with E-state index in [1.54, 1.807) is 11.8 Å². The first kappa shape index (κ1) is 11.2. The van der Waals surface area contributed by atoms with E-state index in [-0.39, 0.29) is 0 Å². The van der Waals surface area contributed by atoms with Crippen LogP contribution in [0.4, 0.5) is 0 Å². The minimum Gasteiger partial charge on any atom is -0.424 e. The van der Waals surface area contributed by atoms with E-state index < -0.39 is 0 Å². The van der Waals surface area contributed by atoms with Gasteiger partial charge in [0.25, 0.3) is 0 Å². The number of benzene rings is 1. The quantitative estimate of drug-likeness (QED) is 0.815. The highest BCUT2D eigenvalue weighted by Gasteiger charge is 2.07. The van der Waals surface area contributed by atoms with E-state index in [0.717, 1.165) is 5.75 Å². The monoisotopic (exact) mass is 234 g/mol. The highest BCUT2D eigenvalue weighted by atomic mass is 32.2. The fourth-order valence-electron chi connectivity index (χ4n) is 1.51. The summed E-state index contributed by atoms with van der Waals surface area (Å²) < 4.78 is 5.54. The molecule has 2 aromatic rings. The molecule has 0 amide bonds. The lowest BCUT2D eigenvalue weighted by molar-refractivity contribution is 0.474. The van der Waals surface area contributed by atoms with Gasteiger partial charge in [-0.1, -0.05) is 24.3 Å². The number of hydrogen-bond acceptors (Lipinski definition) is 4. The maximum absolute atomic E-state index is 5.54. The van der Waals surface area contributed by atoms with Gasteiger partial charge in [0.05, 0.1) is 12.2 Å². The van der Waals surface area contributed by atoms with Crippen LogP contribution in [0.25, 0.3) is 0 Å². The van der Waals surface area contributed by atoms with Crippen molar-refractivity contribution in [2.45, 2.75) is 19.1 Å². The van der Waals surface area contributed by atoms with Crippen LogP contribution in [-0.4, -0.2) is 16.5 Å². The Morgan fingerprint density at radius 3 is 2.69 bits per heavy atom. The maximum atomic E-state index is 5.54. The fourth-order valence-corrected chi connectivity index (χ4v) is 1.88. The summed E-state index contributed by atoms with van der Waals surface area (Å²) in [5.41, 5.74) is 2.49. The first-order valence-corrected chi connectivity index (χ1v) is 6.53. The van der Waals surface area contributed by atoms with Gasteiger partial charge in [0, 0.05) is 0 Å². The zero-order valence-electron chi connectivity index (χ0n) is 9.43. The van der Waals surface area contributed by atoms with Crippen LogP contribution in [0.1, 0.15) is 22.9 Å². The lowest BCUT2D eigenvalue weighted by atomic mass is 10.1. The maximum Gasteiger partial charge on any atom is 0.226 e. The van der Waals surface area contributed by atoms with Crippen molar-refractivity contribution in [3.05, 3.63) is 47.2 Å². The lowest BCUT2D eigenvalue weighted by Gasteiger charge is -2.00. The molecule has 0 saturated heterocycles. The van der Waals surface area contributed by atoms with E-state index in [2.05, 4.69) is 29.3 Å². The van der Waals surface area contributed by atoms with Crippen molar-refractivity contribution in [2.75, 3.05) is 6.26 Å². The Hall–Kier alpha value is -1.29. The minimum atomic E-state index is 0.693. The Labute approximate surface area is 99.3 Å². The van der Waals surface area contributed by atoms with Gasteiger partial charge in [-0.25, -0.2) is 0 Å². The van der Waals surface area contributed by atoms with Gasteiger partial charge < -0.3 is 4.42 Å². The molecule has 16 heavy (non-hydrogen) atoms. The molecule has 0 aliphatic rings. The van der Waals surface area contributed by atoms with Gasteiger partial charge >= 0.3 is 0 Å². The molecule has 0 aliphatic heterocycles. The summed E-state index contributed by atoms with van der Waals surface area (Å²) >= 11 is 1.68. The predicted octanol–water partition coefficient (Wildman–Crippen LogP) is 2.83. The lowest BCUT2D eigenvalue weighted by Crippen LogP contribution is -1.91. The summed E-state index contributed by atoms with van der Waals surface area (Å²) in [5.74, 6) is 2.18. The molecule has 0 radical (unpaired) electrons. The summed E-state index contributed by atoms with van der Waals surface area (Å²) in [7, 11) is 0. The van der Waals surface area contributed by atoms with Crippen molar-refractivity contribution < 1.29 is 4.42 Å². The number of rotatable bonds is 4. The molecule has 0 fully saturated rings. The Morgan fingerprint density at radius 2 is 1.94 bits per heavy atom. The number of thioether (sulfide) groups is 1. The van der Waals surface area contributed by atoms with Crippen LogP contribution >= 0.6 is 11.8 Å². The largest absolute Gasteiger partial charge is 0.424 e. The molecule has 1 aromatic carbocycles. The second-order valence-corrected chi connectivity index (χ2v) is 4.49. The van der Waals surface area contributed by atoms with Crippen molar-refractivity contribution in [1.29, 1.82) is 0 Å². The molecule has 0 spiro atoms. The molecule has 2 rings (SSSR count). The zero-order valence-corrected chi connectivity index (χ0v) is 10.3. The smallest absolute Gasteiger partial charge is 0.226 e. The first-order valence-electron chi connectivity index (χ1n) is 5.14. The van der Waals surface area contributed by atoms with Gasteiger partial charge in [-0.3, -0.25) is 0 Å². The highest BCUT2D eigenvalue weighted by Crippen LogP contribution is 2.14. The van der Waals surface area contributed by atoms with E-state index in [1.807, 2.05) is 18.4 Å². The fraction of sp³-hybridized carbons (Fsp3) is 0.333. The normalized spacial score (nSPS) is 10.6. The van der Waals surface area contributed by atoms with Crippen LogP contribution in [0, 0.1) is 6.92 Å². The number of nitrogens with zero attached hydrogens (tertiary/aromatic N) is 2. The summed E-state index contributed by atoms with van der Waals surface area (Å²) in [6, 6.07) is 8.25. The third-order valence-electron chi connectivity index (χ3n) is 2.38. The second kappa shape index (κ2) is 5.16.